The monoisotopic (exact) mass is 416 g/mol. The minimum absolute atomic E-state index is 0.0461. The number of nitrogens with zero attached hydrogens (tertiary/aromatic N) is 2. The van der Waals surface area contributed by atoms with Crippen LogP contribution < -0.4 is 10.6 Å². The number of rotatable bonds is 3. The molecule has 3 aliphatic heterocycles. The first-order valence-electron chi connectivity index (χ1n) is 11.0. The van der Waals surface area contributed by atoms with Crippen molar-refractivity contribution >= 4 is 17.7 Å². The summed E-state index contributed by atoms with van der Waals surface area (Å²) in [5.74, 6) is -0.292. The maximum absolute atomic E-state index is 14.1. The van der Waals surface area contributed by atoms with Crippen molar-refractivity contribution in [1.29, 1.82) is 0 Å². The lowest BCUT2D eigenvalue weighted by atomic mass is 9.89. The Kier molecular flexibility index (Phi) is 5.05. The van der Waals surface area contributed by atoms with E-state index in [4.69, 9.17) is 4.74 Å². The molecule has 7 nitrogen and oxygen atoms in total. The second kappa shape index (κ2) is 7.72. The SMILES string of the molecule is Cc1ccc(F)c2c1NC(C(=O)N[C@@H]1CCC[C@@H](N3CCN4C(=O)OC[C@@H]4C3)C1)C2. The minimum atomic E-state index is -0.416. The van der Waals surface area contributed by atoms with Crippen molar-refractivity contribution in [2.24, 2.45) is 0 Å². The van der Waals surface area contributed by atoms with Gasteiger partial charge in [0.2, 0.25) is 5.91 Å². The Morgan fingerprint density at radius 3 is 2.97 bits per heavy atom. The lowest BCUT2D eigenvalue weighted by Gasteiger charge is -2.43. The Hall–Kier alpha value is -2.35. The molecule has 1 saturated carbocycles. The molecule has 1 aromatic carbocycles. The molecule has 3 heterocycles. The lowest BCUT2D eigenvalue weighted by molar-refractivity contribution is -0.122. The Labute approximate surface area is 175 Å². The number of anilines is 1. The number of halogens is 1. The second-order valence-corrected chi connectivity index (χ2v) is 9.06. The highest BCUT2D eigenvalue weighted by Crippen LogP contribution is 2.32. The van der Waals surface area contributed by atoms with Gasteiger partial charge < -0.3 is 15.4 Å². The predicted molar refractivity (Wildman–Crippen MR) is 110 cm³/mol. The molecule has 0 bridgehead atoms. The highest BCUT2D eigenvalue weighted by atomic mass is 19.1. The van der Waals surface area contributed by atoms with Gasteiger partial charge >= 0.3 is 6.09 Å². The summed E-state index contributed by atoms with van der Waals surface area (Å²) in [6.07, 6.45) is 4.28. The summed E-state index contributed by atoms with van der Waals surface area (Å²) in [5.41, 5.74) is 2.35. The molecule has 0 aromatic heterocycles. The topological polar surface area (TPSA) is 73.9 Å². The van der Waals surface area contributed by atoms with Gasteiger partial charge in [-0.05, 0) is 44.2 Å². The number of carbonyl (C=O) groups is 2. The number of ether oxygens (including phenoxy) is 1. The number of carbonyl (C=O) groups excluding carboxylic acids is 2. The van der Waals surface area contributed by atoms with Crippen LogP contribution in [0.5, 0.6) is 0 Å². The van der Waals surface area contributed by atoms with Gasteiger partial charge in [0.05, 0.1) is 6.04 Å². The van der Waals surface area contributed by atoms with E-state index in [1.807, 2.05) is 11.8 Å². The number of hydrogen-bond donors (Lipinski definition) is 2. The fraction of sp³-hybridized carbons (Fsp3) is 0.636. The quantitative estimate of drug-likeness (QED) is 0.789. The summed E-state index contributed by atoms with van der Waals surface area (Å²) in [6, 6.07) is 3.50. The van der Waals surface area contributed by atoms with E-state index in [9.17, 15) is 14.0 Å². The summed E-state index contributed by atoms with van der Waals surface area (Å²) < 4.78 is 19.3. The molecule has 2 N–H and O–H groups in total. The Morgan fingerprint density at radius 1 is 1.27 bits per heavy atom. The smallest absolute Gasteiger partial charge is 0.410 e. The number of hydrogen-bond acceptors (Lipinski definition) is 5. The van der Waals surface area contributed by atoms with E-state index in [0.717, 1.165) is 50.0 Å². The lowest BCUT2D eigenvalue weighted by Crippen LogP contribution is -2.57. The molecule has 4 atom stereocenters. The standard InChI is InChI=1S/C22H29FN4O3/c1-13-5-6-18(23)17-10-19(25-20(13)17)21(28)24-14-3-2-4-15(9-14)26-7-8-27-16(11-26)12-30-22(27)29/h5-6,14-16,19,25H,2-4,7-12H2,1H3,(H,24,28)/t14-,15-,16+,19?/m1/s1. The van der Waals surface area contributed by atoms with Crippen molar-refractivity contribution < 1.29 is 18.7 Å². The van der Waals surface area contributed by atoms with E-state index in [1.165, 1.54) is 6.07 Å². The summed E-state index contributed by atoms with van der Waals surface area (Å²) in [5, 5.41) is 6.44. The van der Waals surface area contributed by atoms with Crippen molar-refractivity contribution in [1.82, 2.24) is 15.1 Å². The molecular weight excluding hydrogens is 387 g/mol. The van der Waals surface area contributed by atoms with Crippen molar-refractivity contribution in [3.63, 3.8) is 0 Å². The third-order valence-electron chi connectivity index (χ3n) is 7.16. The van der Waals surface area contributed by atoms with Gasteiger partial charge in [0.25, 0.3) is 0 Å². The zero-order chi connectivity index (χ0) is 20.8. The van der Waals surface area contributed by atoms with Gasteiger partial charge in [0.1, 0.15) is 18.5 Å². The zero-order valence-corrected chi connectivity index (χ0v) is 17.3. The van der Waals surface area contributed by atoms with E-state index >= 15 is 0 Å². The normalized spacial score (nSPS) is 31.0. The van der Waals surface area contributed by atoms with Crippen molar-refractivity contribution in [2.45, 2.75) is 63.2 Å². The average molecular weight is 416 g/mol. The molecule has 1 aromatic rings. The number of benzene rings is 1. The first-order chi connectivity index (χ1) is 14.5. The number of fused-ring (bicyclic) bond motifs is 2. The molecule has 3 fully saturated rings. The van der Waals surface area contributed by atoms with Crippen LogP contribution in [-0.4, -0.2) is 72.2 Å². The van der Waals surface area contributed by atoms with Crippen LogP contribution in [0.1, 0.15) is 36.8 Å². The summed E-state index contributed by atoms with van der Waals surface area (Å²) in [4.78, 5) is 28.9. The van der Waals surface area contributed by atoms with Crippen LogP contribution >= 0.6 is 0 Å². The van der Waals surface area contributed by atoms with E-state index in [2.05, 4.69) is 15.5 Å². The van der Waals surface area contributed by atoms with E-state index in [1.54, 1.807) is 6.07 Å². The zero-order valence-electron chi connectivity index (χ0n) is 17.3. The van der Waals surface area contributed by atoms with Gasteiger partial charge in [0.15, 0.2) is 0 Å². The molecule has 0 spiro atoms. The van der Waals surface area contributed by atoms with Gasteiger partial charge in [-0.1, -0.05) is 6.07 Å². The second-order valence-electron chi connectivity index (χ2n) is 9.06. The molecule has 5 rings (SSSR count). The number of nitrogens with one attached hydrogen (secondary N) is 2. The first-order valence-corrected chi connectivity index (χ1v) is 11.0. The van der Waals surface area contributed by atoms with Crippen LogP contribution in [0.15, 0.2) is 12.1 Å². The largest absolute Gasteiger partial charge is 0.447 e. The highest BCUT2D eigenvalue weighted by Gasteiger charge is 2.40. The highest BCUT2D eigenvalue weighted by molar-refractivity contribution is 5.88. The molecule has 8 heteroatoms. The van der Waals surface area contributed by atoms with Crippen LogP contribution in [0.3, 0.4) is 0 Å². The molecule has 1 unspecified atom stereocenters. The Bertz CT molecular complexity index is 832. The third-order valence-corrected chi connectivity index (χ3v) is 7.16. The molecule has 2 amide bonds. The van der Waals surface area contributed by atoms with E-state index in [0.29, 0.717) is 31.2 Å². The van der Waals surface area contributed by atoms with E-state index < -0.39 is 6.04 Å². The van der Waals surface area contributed by atoms with Crippen molar-refractivity contribution in [2.75, 3.05) is 31.6 Å². The van der Waals surface area contributed by atoms with Gasteiger partial charge in [-0.2, -0.15) is 0 Å². The number of piperazine rings is 1. The van der Waals surface area contributed by atoms with E-state index in [-0.39, 0.29) is 29.9 Å². The predicted octanol–water partition coefficient (Wildman–Crippen LogP) is 2.03. The number of amides is 2. The molecule has 30 heavy (non-hydrogen) atoms. The summed E-state index contributed by atoms with van der Waals surface area (Å²) in [6.45, 7) is 4.82. The maximum Gasteiger partial charge on any atom is 0.410 e. The minimum Gasteiger partial charge on any atom is -0.447 e. The summed E-state index contributed by atoms with van der Waals surface area (Å²) in [7, 11) is 0. The number of cyclic esters (lactones) is 1. The van der Waals surface area contributed by atoms with Crippen LogP contribution in [0, 0.1) is 12.7 Å². The first kappa shape index (κ1) is 19.6. The van der Waals surface area contributed by atoms with Gasteiger partial charge in [-0.25, -0.2) is 9.18 Å². The molecule has 1 aliphatic carbocycles. The van der Waals surface area contributed by atoms with Crippen LogP contribution in [0.25, 0.3) is 0 Å². The summed E-state index contributed by atoms with van der Waals surface area (Å²) >= 11 is 0. The third kappa shape index (κ3) is 3.51. The van der Waals surface area contributed by atoms with Crippen molar-refractivity contribution in [3.8, 4) is 0 Å². The van der Waals surface area contributed by atoms with Gasteiger partial charge in [-0.15, -0.1) is 0 Å². The molecule has 4 aliphatic rings. The molecule has 0 radical (unpaired) electrons. The Morgan fingerprint density at radius 2 is 2.13 bits per heavy atom. The molecular formula is C22H29FN4O3. The Balaban J connectivity index is 1.17. The van der Waals surface area contributed by atoms with Crippen LogP contribution in [-0.2, 0) is 16.0 Å². The fourth-order valence-corrected chi connectivity index (χ4v) is 5.50. The average Bonchev–Trinajstić information content (AvgIpc) is 3.36. The fourth-order valence-electron chi connectivity index (χ4n) is 5.50. The molecule has 2 saturated heterocycles. The molecule has 162 valence electrons. The number of aryl methyl sites for hydroxylation is 1. The maximum atomic E-state index is 14.1. The van der Waals surface area contributed by atoms with Crippen LogP contribution in [0.4, 0.5) is 14.9 Å². The van der Waals surface area contributed by atoms with Crippen LogP contribution in [0.2, 0.25) is 0 Å². The van der Waals surface area contributed by atoms with Gasteiger partial charge in [0, 0.05) is 49.4 Å². The van der Waals surface area contributed by atoms with Crippen molar-refractivity contribution in [3.05, 3.63) is 29.1 Å². The van der Waals surface area contributed by atoms with Gasteiger partial charge in [-0.3, -0.25) is 14.6 Å².